The molecule has 1 aliphatic heterocycles. The molecule has 3 rings (SSSR count). The first-order chi connectivity index (χ1) is 63.5. The van der Waals surface area contributed by atoms with Gasteiger partial charge in [-0.3, -0.25) is 0 Å². The summed E-state index contributed by atoms with van der Waals surface area (Å²) in [5.41, 5.74) is 23.5. The maximum atomic E-state index is 12.4. The van der Waals surface area contributed by atoms with E-state index in [1.165, 1.54) is 641 Å². The Morgan fingerprint density at radius 1 is 0.203 bits per heavy atom. The van der Waals surface area contributed by atoms with Gasteiger partial charge in [0, 0.05) is 17.2 Å². The summed E-state index contributed by atoms with van der Waals surface area (Å²) in [6, 6.07) is 14.5. The van der Waals surface area contributed by atoms with Crippen molar-refractivity contribution in [1.29, 1.82) is 0 Å². The number of hydrogen-bond acceptors (Lipinski definition) is 0. The first-order valence-electron chi connectivity index (χ1n) is 59.8. The first-order valence-corrected chi connectivity index (χ1v) is 61.2. The van der Waals surface area contributed by atoms with Gasteiger partial charge in [-0.2, -0.15) is 0 Å². The summed E-state index contributed by atoms with van der Waals surface area (Å²) in [7, 11) is 0. The third-order valence-electron chi connectivity index (χ3n) is 28.9. The number of aryl methyl sites for hydroxylation is 4. The zero-order chi connectivity index (χ0) is 91.6. The Morgan fingerprint density at radius 3 is 0.602 bits per heavy atom. The van der Waals surface area contributed by atoms with Gasteiger partial charge in [0.25, 0.3) is 0 Å². The molecule has 0 saturated heterocycles. The van der Waals surface area contributed by atoms with E-state index < -0.39 is 0 Å². The van der Waals surface area contributed by atoms with Crippen LogP contribution in [0.2, 0.25) is 10.8 Å². The molecular weight excluding hydrogens is 1590 g/mol. The van der Waals surface area contributed by atoms with Crippen molar-refractivity contribution in [1.82, 2.24) is 0 Å². The smallest absolute Gasteiger partial charge is 0.0654 e. The molecule has 0 bridgehead atoms. The van der Waals surface area contributed by atoms with Crippen LogP contribution in [-0.4, -0.2) is 4.70 Å². The molecule has 0 aliphatic carbocycles. The standard InChI is InChI=1S/C67H112N2.2C29H59.Ni/c1-6-11-16-19-22-23-24-25-26-27-28-29-30-31-32-33-34-35-36-37-38-39-40-43-46-51-63-58-66(69(68)67(63)65-56-59(47-14-9-4)52-60(57-65)48-15-10-5)64-54-61(49-44-41-20-17-12-7-2)53-62(55-64)50-45-42-21-18-13-8-3;2*1-3-5-7-9-11-13-15-17-19-21-23-25-27-29-28-26-24-22-20-18-16-14-12-10-8-6-4-2;/h46,51-58H,6-45,47-50H2,1-5H3;2*1,3-29H2,2H3;. The Labute approximate surface area is 812 Å². The van der Waals surface area contributed by atoms with E-state index in [4.69, 9.17) is 0 Å². The van der Waals surface area contributed by atoms with E-state index in [0.717, 1.165) is 49.1 Å². The van der Waals surface area contributed by atoms with Gasteiger partial charge >= 0.3 is 166 Å². The fourth-order valence-electron chi connectivity index (χ4n) is 20.1. The van der Waals surface area contributed by atoms with Gasteiger partial charge in [-0.25, -0.2) is 4.70 Å². The second kappa shape index (κ2) is 101. The minimum atomic E-state index is 0.937. The van der Waals surface area contributed by atoms with E-state index in [2.05, 4.69) is 118 Å². The Hall–Kier alpha value is -2.25. The van der Waals surface area contributed by atoms with Crippen molar-refractivity contribution >= 4 is 11.4 Å². The number of nitrogens with zero attached hydrogens (tertiary/aromatic N) is 2. The van der Waals surface area contributed by atoms with E-state index in [9.17, 15) is 5.53 Å². The van der Waals surface area contributed by atoms with Crippen molar-refractivity contribution < 1.29 is 19.1 Å². The Bertz CT molecular complexity index is 2560. The van der Waals surface area contributed by atoms with Crippen LogP contribution in [0.4, 0.5) is 0 Å². The number of unbranched alkanes of at least 4 members (excludes halogenated alkanes) is 87. The molecule has 0 saturated carbocycles. The van der Waals surface area contributed by atoms with Gasteiger partial charge in [-0.15, -0.1) is 0 Å². The molecule has 3 heteroatoms. The molecule has 750 valence electrons. The van der Waals surface area contributed by atoms with Crippen molar-refractivity contribution in [2.45, 2.75) is 688 Å². The molecule has 0 radical (unpaired) electrons. The Morgan fingerprint density at radius 2 is 0.383 bits per heavy atom. The van der Waals surface area contributed by atoms with Crippen LogP contribution in [-0.2, 0) is 40.1 Å². The molecule has 2 aromatic rings. The van der Waals surface area contributed by atoms with Crippen LogP contribution < -0.4 is 0 Å². The Balaban J connectivity index is 0.000000879. The second-order valence-electron chi connectivity index (χ2n) is 41.8. The minimum absolute atomic E-state index is 0.937. The summed E-state index contributed by atoms with van der Waals surface area (Å²) in [5, 5.41) is 2.87. The van der Waals surface area contributed by atoms with Gasteiger partial charge < -0.3 is 5.53 Å². The molecule has 0 spiro atoms. The summed E-state index contributed by atoms with van der Waals surface area (Å²) >= 11 is 2.05. The van der Waals surface area contributed by atoms with Crippen LogP contribution >= 0.6 is 0 Å². The van der Waals surface area contributed by atoms with Crippen molar-refractivity contribution in [2.75, 3.05) is 0 Å². The van der Waals surface area contributed by atoms with E-state index in [1.807, 2.05) is 0 Å². The number of allylic oxidation sites excluding steroid dienone is 4. The molecule has 1 heterocycles. The number of rotatable bonds is 103. The topological polar surface area (TPSA) is 25.3 Å². The fraction of sp³-hybridized carbons (Fsp3) is 0.856. The van der Waals surface area contributed by atoms with Crippen LogP contribution in [0.15, 0.2) is 60.2 Å². The number of hydrogen-bond donors (Lipinski definition) is 0. The van der Waals surface area contributed by atoms with E-state index in [1.54, 1.807) is 4.70 Å². The molecule has 0 fully saturated rings. The third kappa shape index (κ3) is 79.9. The average Bonchev–Trinajstić information content (AvgIpc) is 1.62. The van der Waals surface area contributed by atoms with Gasteiger partial charge in [0.15, 0.2) is 0 Å². The van der Waals surface area contributed by atoms with Crippen molar-refractivity contribution in [3.63, 3.8) is 0 Å². The molecule has 0 aromatic heterocycles. The van der Waals surface area contributed by atoms with Crippen LogP contribution in [0.25, 0.3) is 16.9 Å². The maximum absolute atomic E-state index is 12.4. The quantitative estimate of drug-likeness (QED) is 0.0358. The monoisotopic (exact) mass is 1820 g/mol. The van der Waals surface area contributed by atoms with Crippen LogP contribution in [0, 0.1) is 0 Å². The fourth-order valence-corrected chi connectivity index (χ4v) is 21.4. The van der Waals surface area contributed by atoms with Crippen molar-refractivity contribution in [3.8, 4) is 0 Å². The molecule has 2 aromatic carbocycles. The van der Waals surface area contributed by atoms with Gasteiger partial charge in [-0.1, -0.05) is 497 Å². The summed E-state index contributed by atoms with van der Waals surface area (Å²) in [4.78, 5) is 0. The molecule has 1 aliphatic rings. The molecule has 0 amide bonds. The van der Waals surface area contributed by atoms with Crippen molar-refractivity contribution in [2.24, 2.45) is 0 Å². The SMILES string of the molecule is CCCCCCCCCCCCCCCCCCCCCCCCCC=CC1=C(c2cc(CCCC)cc(CCCC)c2)[N+](=[N-])C(c2cc(CCCCCCCC)cc(CCCCCCCC)c2)=C1.CCCCCCCCCCCCCCCCCCCCCCCCCCCC[CH2][Ni][CH2]CCCCCCCCCCCCCCCCCCCCCCCCCCCC. The van der Waals surface area contributed by atoms with E-state index in [0.29, 0.717) is 0 Å². The van der Waals surface area contributed by atoms with E-state index >= 15 is 0 Å². The normalized spacial score (nSPS) is 12.4. The second-order valence-corrected chi connectivity index (χ2v) is 43.3. The molecule has 0 N–H and O–H groups in total. The van der Waals surface area contributed by atoms with Gasteiger partial charge in [0.05, 0.1) is 5.57 Å². The summed E-state index contributed by atoms with van der Waals surface area (Å²) < 4.78 is 1.57. The molecule has 128 heavy (non-hydrogen) atoms. The molecular formula is C125H230N2Ni. The summed E-state index contributed by atoms with van der Waals surface area (Å²) in [6.45, 7) is 16.1. The zero-order valence-electron chi connectivity index (χ0n) is 88.6. The molecule has 0 unspecified atom stereocenters. The zero-order valence-corrected chi connectivity index (χ0v) is 89.6. The van der Waals surface area contributed by atoms with Crippen molar-refractivity contribution in [3.05, 3.63) is 99.1 Å². The van der Waals surface area contributed by atoms with Gasteiger partial charge in [0.1, 0.15) is 0 Å². The summed E-state index contributed by atoms with van der Waals surface area (Å²) in [6.07, 6.45) is 146. The minimum Gasteiger partial charge on any atom is -0.0654 e. The summed E-state index contributed by atoms with van der Waals surface area (Å²) in [5.74, 6) is 0. The predicted octanol–water partition coefficient (Wildman–Crippen LogP) is 45.9. The first kappa shape index (κ1) is 122. The van der Waals surface area contributed by atoms with Crippen LogP contribution in [0.5, 0.6) is 0 Å². The molecule has 2 nitrogen and oxygen atoms in total. The van der Waals surface area contributed by atoms with Gasteiger partial charge in [-0.05, 0) is 111 Å². The number of benzene rings is 2. The Kier molecular flexibility index (Phi) is 95.8. The average molecular weight is 1820 g/mol. The van der Waals surface area contributed by atoms with Crippen LogP contribution in [0.3, 0.4) is 0 Å². The molecule has 0 atom stereocenters. The predicted molar refractivity (Wildman–Crippen MR) is 579 cm³/mol. The third-order valence-corrected chi connectivity index (χ3v) is 30.3. The van der Waals surface area contributed by atoms with Gasteiger partial charge in [0.2, 0.25) is 11.4 Å². The van der Waals surface area contributed by atoms with E-state index in [-0.39, 0.29) is 0 Å². The van der Waals surface area contributed by atoms with Crippen LogP contribution in [0.1, 0.15) is 685 Å².